The van der Waals surface area contributed by atoms with Gasteiger partial charge in [0, 0.05) is 11.7 Å². The highest BCUT2D eigenvalue weighted by molar-refractivity contribution is 5.99. The van der Waals surface area contributed by atoms with Crippen LogP contribution in [0.25, 0.3) is 0 Å². The predicted molar refractivity (Wildman–Crippen MR) is 58.4 cm³/mol. The molecule has 18 heavy (non-hydrogen) atoms. The van der Waals surface area contributed by atoms with E-state index in [4.69, 9.17) is 5.73 Å². The minimum absolute atomic E-state index is 0.00751. The van der Waals surface area contributed by atoms with Crippen LogP contribution in [0.1, 0.15) is 23.7 Å². The van der Waals surface area contributed by atoms with Crippen LogP contribution in [-0.2, 0) is 0 Å². The number of hydrogen-bond donors (Lipinski definition) is 2. The van der Waals surface area contributed by atoms with E-state index in [0.29, 0.717) is 0 Å². The molecule has 7 heteroatoms. The van der Waals surface area contributed by atoms with E-state index in [9.17, 15) is 22.4 Å². The molecule has 0 radical (unpaired) electrons. The van der Waals surface area contributed by atoms with Crippen LogP contribution in [0.2, 0.25) is 0 Å². The number of amides is 1. The van der Waals surface area contributed by atoms with Crippen LogP contribution in [0.5, 0.6) is 0 Å². The van der Waals surface area contributed by atoms with Gasteiger partial charge >= 0.3 is 6.18 Å². The summed E-state index contributed by atoms with van der Waals surface area (Å²) in [7, 11) is 0. The third-order valence-corrected chi connectivity index (χ3v) is 2.18. The van der Waals surface area contributed by atoms with Crippen LogP contribution < -0.4 is 11.1 Å². The van der Waals surface area contributed by atoms with Gasteiger partial charge in [-0.05, 0) is 25.1 Å². The number of carbonyl (C=O) groups is 1. The number of hydrogen-bond acceptors (Lipinski definition) is 2. The number of carbonyl (C=O) groups excluding carboxylic acids is 1. The van der Waals surface area contributed by atoms with E-state index in [1.54, 1.807) is 0 Å². The molecule has 1 amide bonds. The summed E-state index contributed by atoms with van der Waals surface area (Å²) in [5.41, 5.74) is 5.27. The molecule has 0 aliphatic heterocycles. The minimum Gasteiger partial charge on any atom is -0.398 e. The number of alkyl halides is 3. The van der Waals surface area contributed by atoms with Gasteiger partial charge in [0.15, 0.2) is 0 Å². The molecular formula is C11H12F4N2O. The van der Waals surface area contributed by atoms with E-state index >= 15 is 0 Å². The molecule has 0 saturated carbocycles. The highest BCUT2D eigenvalue weighted by Crippen LogP contribution is 2.21. The molecule has 3 N–H and O–H groups in total. The Hall–Kier alpha value is -1.79. The van der Waals surface area contributed by atoms with Crippen molar-refractivity contribution in [2.45, 2.75) is 25.6 Å². The Bertz CT molecular complexity index is 445. The van der Waals surface area contributed by atoms with E-state index in [-0.39, 0.29) is 11.3 Å². The van der Waals surface area contributed by atoms with Crippen molar-refractivity contribution in [2.75, 3.05) is 5.73 Å². The third kappa shape index (κ3) is 4.23. The van der Waals surface area contributed by atoms with Crippen molar-refractivity contribution in [1.82, 2.24) is 5.32 Å². The van der Waals surface area contributed by atoms with Crippen molar-refractivity contribution in [3.8, 4) is 0 Å². The first-order chi connectivity index (χ1) is 8.19. The van der Waals surface area contributed by atoms with Crippen molar-refractivity contribution in [1.29, 1.82) is 0 Å². The van der Waals surface area contributed by atoms with Gasteiger partial charge in [-0.3, -0.25) is 4.79 Å². The number of nitrogen functional groups attached to an aromatic ring is 1. The molecule has 0 fully saturated rings. The molecule has 0 aliphatic rings. The summed E-state index contributed by atoms with van der Waals surface area (Å²) < 4.78 is 49.1. The Morgan fingerprint density at radius 1 is 1.44 bits per heavy atom. The second kappa shape index (κ2) is 5.24. The summed E-state index contributed by atoms with van der Waals surface area (Å²) in [4.78, 5) is 11.6. The Morgan fingerprint density at radius 3 is 2.61 bits per heavy atom. The number of benzene rings is 1. The van der Waals surface area contributed by atoms with Crippen LogP contribution >= 0.6 is 0 Å². The van der Waals surface area contributed by atoms with Crippen molar-refractivity contribution in [3.05, 3.63) is 29.6 Å². The van der Waals surface area contributed by atoms with E-state index in [2.05, 4.69) is 5.32 Å². The van der Waals surface area contributed by atoms with Gasteiger partial charge in [0.05, 0.1) is 12.0 Å². The standard InChI is InChI=1S/C11H12F4N2O/c1-6(5-11(13,14)15)17-10(18)8-4-7(12)2-3-9(8)16/h2-4,6H,5,16H2,1H3,(H,17,18). The van der Waals surface area contributed by atoms with Gasteiger partial charge in [-0.1, -0.05) is 0 Å². The molecule has 3 nitrogen and oxygen atoms in total. The summed E-state index contributed by atoms with van der Waals surface area (Å²) in [6.07, 6.45) is -5.53. The van der Waals surface area contributed by atoms with E-state index in [1.807, 2.05) is 0 Å². The minimum atomic E-state index is -4.37. The molecule has 0 aromatic heterocycles. The van der Waals surface area contributed by atoms with Crippen molar-refractivity contribution in [2.24, 2.45) is 0 Å². The second-order valence-electron chi connectivity index (χ2n) is 3.93. The number of anilines is 1. The van der Waals surface area contributed by atoms with Crippen LogP contribution in [0, 0.1) is 5.82 Å². The Kier molecular flexibility index (Phi) is 4.15. The normalized spacial score (nSPS) is 13.2. The third-order valence-electron chi connectivity index (χ3n) is 2.18. The molecule has 1 aromatic rings. The maximum absolute atomic E-state index is 12.9. The average Bonchev–Trinajstić information content (AvgIpc) is 2.18. The number of halogens is 4. The molecule has 1 unspecified atom stereocenters. The number of nitrogens with two attached hydrogens (primary N) is 1. The second-order valence-corrected chi connectivity index (χ2v) is 3.93. The predicted octanol–water partition coefficient (Wildman–Crippen LogP) is 2.48. The van der Waals surface area contributed by atoms with Crippen LogP contribution in [0.4, 0.5) is 23.2 Å². The van der Waals surface area contributed by atoms with Crippen molar-refractivity contribution >= 4 is 11.6 Å². The molecule has 0 saturated heterocycles. The zero-order valence-corrected chi connectivity index (χ0v) is 9.51. The molecule has 100 valence electrons. The fraction of sp³-hybridized carbons (Fsp3) is 0.364. The van der Waals surface area contributed by atoms with Crippen LogP contribution in [0.3, 0.4) is 0 Å². The molecular weight excluding hydrogens is 252 g/mol. The van der Waals surface area contributed by atoms with Crippen LogP contribution in [0.15, 0.2) is 18.2 Å². The first-order valence-electron chi connectivity index (χ1n) is 5.11. The summed E-state index contributed by atoms with van der Waals surface area (Å²) in [6.45, 7) is 1.21. The smallest absolute Gasteiger partial charge is 0.391 e. The molecule has 0 bridgehead atoms. The first-order valence-corrected chi connectivity index (χ1v) is 5.11. The van der Waals surface area contributed by atoms with Crippen molar-refractivity contribution < 1.29 is 22.4 Å². The fourth-order valence-electron chi connectivity index (χ4n) is 1.42. The van der Waals surface area contributed by atoms with Crippen molar-refractivity contribution in [3.63, 3.8) is 0 Å². The van der Waals surface area contributed by atoms with E-state index in [1.165, 1.54) is 13.0 Å². The molecule has 1 rings (SSSR count). The summed E-state index contributed by atoms with van der Waals surface area (Å²) in [5.74, 6) is -1.51. The number of nitrogens with one attached hydrogen (secondary N) is 1. The highest BCUT2D eigenvalue weighted by atomic mass is 19.4. The van der Waals surface area contributed by atoms with Gasteiger partial charge in [0.1, 0.15) is 5.82 Å². The summed E-state index contributed by atoms with van der Waals surface area (Å²) >= 11 is 0. The van der Waals surface area contributed by atoms with Gasteiger partial charge in [-0.25, -0.2) is 4.39 Å². The fourth-order valence-corrected chi connectivity index (χ4v) is 1.42. The summed E-state index contributed by atoms with van der Waals surface area (Å²) in [5, 5.41) is 2.12. The Morgan fingerprint density at radius 2 is 2.06 bits per heavy atom. The quantitative estimate of drug-likeness (QED) is 0.651. The van der Waals surface area contributed by atoms with Gasteiger partial charge < -0.3 is 11.1 Å². The highest BCUT2D eigenvalue weighted by Gasteiger charge is 2.30. The molecule has 0 spiro atoms. The Balaban J connectivity index is 2.74. The molecule has 1 atom stereocenters. The van der Waals surface area contributed by atoms with Gasteiger partial charge in [-0.15, -0.1) is 0 Å². The van der Waals surface area contributed by atoms with Gasteiger partial charge in [0.2, 0.25) is 0 Å². The number of rotatable bonds is 3. The first kappa shape index (κ1) is 14.3. The molecule has 0 heterocycles. The zero-order valence-electron chi connectivity index (χ0n) is 9.51. The molecule has 1 aromatic carbocycles. The van der Waals surface area contributed by atoms with Gasteiger partial charge in [-0.2, -0.15) is 13.2 Å². The molecule has 0 aliphatic carbocycles. The lowest BCUT2D eigenvalue weighted by atomic mass is 10.1. The summed E-state index contributed by atoms with van der Waals surface area (Å²) in [6, 6.07) is 2.01. The maximum atomic E-state index is 12.9. The van der Waals surface area contributed by atoms with Crippen LogP contribution in [-0.4, -0.2) is 18.1 Å². The van der Waals surface area contributed by atoms with Gasteiger partial charge in [0.25, 0.3) is 5.91 Å². The topological polar surface area (TPSA) is 55.1 Å². The lowest BCUT2D eigenvalue weighted by Crippen LogP contribution is -2.36. The zero-order chi connectivity index (χ0) is 13.9. The SMILES string of the molecule is CC(CC(F)(F)F)NC(=O)c1cc(F)ccc1N. The maximum Gasteiger partial charge on any atom is 0.391 e. The lowest BCUT2D eigenvalue weighted by molar-refractivity contribution is -0.138. The monoisotopic (exact) mass is 264 g/mol. The average molecular weight is 264 g/mol. The lowest BCUT2D eigenvalue weighted by Gasteiger charge is -2.16. The van der Waals surface area contributed by atoms with E-state index < -0.39 is 30.4 Å². The Labute approximate surface area is 101 Å². The largest absolute Gasteiger partial charge is 0.398 e. The van der Waals surface area contributed by atoms with E-state index in [0.717, 1.165) is 12.1 Å².